The van der Waals surface area contributed by atoms with Crippen molar-refractivity contribution in [2.45, 2.75) is 0 Å². The van der Waals surface area contributed by atoms with Gasteiger partial charge in [0.25, 0.3) is 0 Å². The second-order valence-electron chi connectivity index (χ2n) is 13.7. The summed E-state index contributed by atoms with van der Waals surface area (Å²) >= 11 is 0. The van der Waals surface area contributed by atoms with Crippen molar-refractivity contribution in [2.75, 3.05) is 0 Å². The van der Waals surface area contributed by atoms with Gasteiger partial charge in [-0.3, -0.25) is 4.98 Å². The molecule has 11 rings (SSSR count). The molecule has 0 spiro atoms. The molecule has 0 N–H and O–H groups in total. The van der Waals surface area contributed by atoms with E-state index in [1.807, 2.05) is 12.3 Å². The third-order valence-electron chi connectivity index (χ3n) is 10.9. The van der Waals surface area contributed by atoms with Gasteiger partial charge in [-0.2, -0.15) is 0 Å². The number of para-hydroxylation sites is 2. The zero-order valence-electron chi connectivity index (χ0n) is 28.5. The summed E-state index contributed by atoms with van der Waals surface area (Å²) in [5.41, 5.74) is 15.2. The van der Waals surface area contributed by atoms with E-state index >= 15 is 0 Å². The van der Waals surface area contributed by atoms with Crippen LogP contribution >= 0.6 is 0 Å². The average molecular weight is 665 g/mol. The van der Waals surface area contributed by atoms with Crippen LogP contribution < -0.4 is 0 Å². The van der Waals surface area contributed by atoms with Gasteiger partial charge in [-0.25, -0.2) is 0 Å². The summed E-state index contributed by atoms with van der Waals surface area (Å²) in [4.78, 5) is 4.80. The Labute approximate surface area is 300 Å². The highest BCUT2D eigenvalue weighted by Gasteiger charge is 2.18. The molecule has 0 aliphatic rings. The molecule has 11 aromatic rings. The lowest BCUT2D eigenvalue weighted by atomic mass is 9.99. The van der Waals surface area contributed by atoms with Gasteiger partial charge in [0.05, 0.1) is 38.6 Å². The van der Waals surface area contributed by atoms with Crippen molar-refractivity contribution >= 4 is 65.5 Å². The molecule has 0 saturated heterocycles. The third kappa shape index (κ3) is 4.18. The van der Waals surface area contributed by atoms with Crippen molar-refractivity contribution in [3.05, 3.63) is 176 Å². The summed E-state index contributed by atoms with van der Waals surface area (Å²) in [5, 5.41) is 6.13. The summed E-state index contributed by atoms with van der Waals surface area (Å²) in [6.07, 6.45) is 1.89. The first-order chi connectivity index (χ1) is 25.7. The van der Waals surface area contributed by atoms with E-state index in [9.17, 15) is 0 Å². The third-order valence-corrected chi connectivity index (χ3v) is 10.9. The van der Waals surface area contributed by atoms with Crippen molar-refractivity contribution in [3.63, 3.8) is 0 Å². The molecule has 0 atom stereocenters. The number of aromatic nitrogens is 4. The van der Waals surface area contributed by atoms with Gasteiger partial charge in [0.1, 0.15) is 0 Å². The van der Waals surface area contributed by atoms with Crippen LogP contribution in [0.1, 0.15) is 0 Å². The fourth-order valence-electron chi connectivity index (χ4n) is 8.45. The first-order valence-corrected chi connectivity index (χ1v) is 17.8. The maximum atomic E-state index is 4.80. The zero-order chi connectivity index (χ0) is 34.3. The van der Waals surface area contributed by atoms with Gasteiger partial charge in [-0.15, -0.1) is 0 Å². The molecule has 0 unspecified atom stereocenters. The molecule has 0 radical (unpaired) electrons. The zero-order valence-corrected chi connectivity index (χ0v) is 28.5. The second kappa shape index (κ2) is 11.0. The Morgan fingerprint density at radius 3 is 1.56 bits per heavy atom. The van der Waals surface area contributed by atoms with Gasteiger partial charge in [-0.1, -0.05) is 84.9 Å². The van der Waals surface area contributed by atoms with Crippen LogP contribution in [-0.2, 0) is 7.05 Å². The predicted molar refractivity (Wildman–Crippen MR) is 218 cm³/mol. The van der Waals surface area contributed by atoms with Crippen molar-refractivity contribution < 1.29 is 0 Å². The molecule has 0 fully saturated rings. The van der Waals surface area contributed by atoms with Gasteiger partial charge in [-0.05, 0) is 107 Å². The Kier molecular flexibility index (Phi) is 6.13. The molecule has 4 aromatic heterocycles. The minimum absolute atomic E-state index is 1.03. The number of rotatable bonds is 4. The minimum Gasteiger partial charge on any atom is -0.342 e. The van der Waals surface area contributed by atoms with E-state index in [2.05, 4.69) is 185 Å². The van der Waals surface area contributed by atoms with E-state index < -0.39 is 0 Å². The highest BCUT2D eigenvalue weighted by Crippen LogP contribution is 2.40. The number of aryl methyl sites for hydroxylation is 1. The second-order valence-corrected chi connectivity index (χ2v) is 13.7. The van der Waals surface area contributed by atoms with Crippen LogP contribution in [0.3, 0.4) is 0 Å². The molecule has 0 amide bonds. The minimum atomic E-state index is 1.03. The van der Waals surface area contributed by atoms with Crippen molar-refractivity contribution in [1.29, 1.82) is 0 Å². The average Bonchev–Trinajstić information content (AvgIpc) is 3.82. The molecular weight excluding hydrogens is 633 g/mol. The number of hydrogen-bond donors (Lipinski definition) is 0. The first kappa shape index (κ1) is 28.9. The molecule has 0 saturated carbocycles. The summed E-state index contributed by atoms with van der Waals surface area (Å²) in [5.74, 6) is 0. The lowest BCUT2D eigenvalue weighted by Crippen LogP contribution is -1.94. The number of benzene rings is 7. The van der Waals surface area contributed by atoms with E-state index in [0.717, 1.165) is 22.1 Å². The first-order valence-electron chi connectivity index (χ1n) is 17.8. The summed E-state index contributed by atoms with van der Waals surface area (Å²) in [7, 11) is 2.12. The van der Waals surface area contributed by atoms with E-state index in [-0.39, 0.29) is 0 Å². The van der Waals surface area contributed by atoms with E-state index in [1.54, 1.807) is 0 Å². The van der Waals surface area contributed by atoms with Crippen molar-refractivity contribution in [3.8, 4) is 33.6 Å². The maximum Gasteiger partial charge on any atom is 0.0960 e. The Balaban J connectivity index is 1.15. The van der Waals surface area contributed by atoms with Crippen LogP contribution in [0.2, 0.25) is 0 Å². The fourth-order valence-corrected chi connectivity index (χ4v) is 8.45. The Morgan fingerprint density at radius 1 is 0.346 bits per heavy atom. The highest BCUT2D eigenvalue weighted by molar-refractivity contribution is 6.14. The lowest BCUT2D eigenvalue weighted by Gasteiger charge is -2.10. The van der Waals surface area contributed by atoms with Gasteiger partial charge < -0.3 is 13.7 Å². The molecule has 244 valence electrons. The Bertz CT molecular complexity index is 3180. The van der Waals surface area contributed by atoms with Crippen LogP contribution in [-0.4, -0.2) is 18.7 Å². The molecule has 0 bridgehead atoms. The highest BCUT2D eigenvalue weighted by atomic mass is 15.0. The number of fused-ring (bicyclic) bond motifs is 9. The largest absolute Gasteiger partial charge is 0.342 e. The van der Waals surface area contributed by atoms with Gasteiger partial charge in [0.2, 0.25) is 0 Å². The van der Waals surface area contributed by atoms with Crippen LogP contribution in [0.25, 0.3) is 99.2 Å². The molecule has 7 aromatic carbocycles. The Hall–Kier alpha value is -6.91. The van der Waals surface area contributed by atoms with Crippen molar-refractivity contribution in [1.82, 2.24) is 18.7 Å². The molecule has 4 nitrogen and oxygen atoms in total. The Morgan fingerprint density at radius 2 is 0.865 bits per heavy atom. The number of pyridine rings is 1. The quantitative estimate of drug-likeness (QED) is 0.184. The van der Waals surface area contributed by atoms with Crippen LogP contribution in [0.15, 0.2) is 176 Å². The molecule has 0 aliphatic heterocycles. The molecular formula is C48H32N4. The topological polar surface area (TPSA) is 27.7 Å². The molecule has 4 heterocycles. The monoisotopic (exact) mass is 664 g/mol. The number of nitrogens with zero attached hydrogens (tertiary/aromatic N) is 4. The smallest absolute Gasteiger partial charge is 0.0960 e. The summed E-state index contributed by atoms with van der Waals surface area (Å²) in [6.45, 7) is 0. The van der Waals surface area contributed by atoms with Gasteiger partial charge >= 0.3 is 0 Å². The lowest BCUT2D eigenvalue weighted by molar-refractivity contribution is 1.01. The SMILES string of the molecule is Cn1c2ccc(-n3c4ccc(-c5ccccc5)cc4c4cc(-c5ccc6c(c5)c5ccccc5n6-c5ccccc5)ccc43)cc2c2ncccc21. The van der Waals surface area contributed by atoms with Crippen LogP contribution in [0.4, 0.5) is 0 Å². The maximum absolute atomic E-state index is 4.80. The van der Waals surface area contributed by atoms with Crippen molar-refractivity contribution in [2.24, 2.45) is 7.05 Å². The van der Waals surface area contributed by atoms with E-state index in [1.165, 1.54) is 77.1 Å². The van der Waals surface area contributed by atoms with Crippen LogP contribution in [0.5, 0.6) is 0 Å². The number of hydrogen-bond acceptors (Lipinski definition) is 1. The molecule has 0 aliphatic carbocycles. The van der Waals surface area contributed by atoms with E-state index in [4.69, 9.17) is 4.98 Å². The normalized spacial score (nSPS) is 11.9. The summed E-state index contributed by atoms with van der Waals surface area (Å²) < 4.78 is 7.03. The summed E-state index contributed by atoms with van der Waals surface area (Å²) in [6, 6.07) is 61.8. The van der Waals surface area contributed by atoms with E-state index in [0.29, 0.717) is 0 Å². The fraction of sp³-hybridized carbons (Fsp3) is 0.0208. The molecule has 52 heavy (non-hydrogen) atoms. The van der Waals surface area contributed by atoms with Gasteiger partial charge in [0.15, 0.2) is 0 Å². The van der Waals surface area contributed by atoms with Crippen LogP contribution in [0, 0.1) is 0 Å². The standard InChI is InChI=1S/C48H32N4/c1-50-42-25-21-36(30-41(42)48-47(50)17-10-26-49-48)52-45-22-18-32(31-11-4-2-5-12-31)27-39(45)40-29-34(20-24-46(40)52)33-19-23-44-38(28-33)37-15-8-9-16-43(37)51(44)35-13-6-3-7-14-35/h2-30H,1H3. The van der Waals surface area contributed by atoms with Gasteiger partial charge in [0, 0.05) is 51.6 Å². The predicted octanol–water partition coefficient (Wildman–Crippen LogP) is 12.3. The molecule has 4 heteroatoms.